The maximum atomic E-state index is 10.7. The fourth-order valence-electron chi connectivity index (χ4n) is 1.62. The highest BCUT2D eigenvalue weighted by atomic mass is 16.1. The van der Waals surface area contributed by atoms with Gasteiger partial charge >= 0.3 is 0 Å². The highest BCUT2D eigenvalue weighted by Crippen LogP contribution is 2.15. The van der Waals surface area contributed by atoms with Crippen LogP contribution < -0.4 is 0 Å². The molecule has 0 aliphatic carbocycles. The predicted octanol–water partition coefficient (Wildman–Crippen LogP) is 1.76. The summed E-state index contributed by atoms with van der Waals surface area (Å²) in [5.41, 5.74) is 2.51. The lowest BCUT2D eigenvalue weighted by atomic mass is 10.2. The van der Waals surface area contributed by atoms with Crippen molar-refractivity contribution in [2.24, 2.45) is 0 Å². The number of hydrogen-bond donors (Lipinski definition) is 0. The molecule has 2 aromatic rings. The molecule has 0 amide bonds. The molecule has 0 fully saturated rings. The summed E-state index contributed by atoms with van der Waals surface area (Å²) in [4.78, 5) is 15.0. The highest BCUT2D eigenvalue weighted by molar-refractivity contribution is 5.87. The molecule has 0 radical (unpaired) electrons. The Balaban J connectivity index is 2.96. The average Bonchev–Trinajstić information content (AvgIpc) is 2.43. The lowest BCUT2D eigenvalue weighted by Crippen LogP contribution is -1.91. The summed E-state index contributed by atoms with van der Waals surface area (Å²) in [6.45, 7) is 3.84. The third kappa shape index (κ3) is 1.04. The zero-order chi connectivity index (χ0) is 9.42. The standard InChI is InChI=1S/C10H10N2O/c1-7-10-9(6-13)4-3-5-12(10)8(2)11-7/h3-6H,1-2H3. The number of pyridine rings is 1. The van der Waals surface area contributed by atoms with Crippen LogP contribution in [0.3, 0.4) is 0 Å². The van der Waals surface area contributed by atoms with E-state index in [1.165, 1.54) is 0 Å². The van der Waals surface area contributed by atoms with E-state index in [0.717, 1.165) is 23.3 Å². The van der Waals surface area contributed by atoms with Gasteiger partial charge in [-0.25, -0.2) is 4.98 Å². The van der Waals surface area contributed by atoms with Gasteiger partial charge in [0.25, 0.3) is 0 Å². The molecule has 2 aromatic heterocycles. The maximum absolute atomic E-state index is 10.7. The van der Waals surface area contributed by atoms with E-state index in [4.69, 9.17) is 0 Å². The van der Waals surface area contributed by atoms with Crippen molar-refractivity contribution in [3.63, 3.8) is 0 Å². The molecule has 0 N–H and O–H groups in total. The van der Waals surface area contributed by atoms with E-state index in [2.05, 4.69) is 4.98 Å². The van der Waals surface area contributed by atoms with Crippen LogP contribution in [-0.2, 0) is 0 Å². The van der Waals surface area contributed by atoms with Gasteiger partial charge in [-0.15, -0.1) is 0 Å². The predicted molar refractivity (Wildman–Crippen MR) is 50.1 cm³/mol. The topological polar surface area (TPSA) is 34.4 Å². The smallest absolute Gasteiger partial charge is 0.152 e. The molecule has 3 heteroatoms. The molecule has 0 unspecified atom stereocenters. The molecule has 0 saturated carbocycles. The Hall–Kier alpha value is -1.64. The quantitative estimate of drug-likeness (QED) is 0.617. The average molecular weight is 174 g/mol. The van der Waals surface area contributed by atoms with Crippen molar-refractivity contribution < 1.29 is 4.79 Å². The number of carbonyl (C=O) groups excluding carboxylic acids is 1. The van der Waals surface area contributed by atoms with Gasteiger partial charge in [-0.05, 0) is 26.0 Å². The van der Waals surface area contributed by atoms with Crippen molar-refractivity contribution >= 4 is 11.8 Å². The van der Waals surface area contributed by atoms with Gasteiger partial charge in [-0.1, -0.05) is 0 Å². The van der Waals surface area contributed by atoms with Crippen LogP contribution in [0.5, 0.6) is 0 Å². The largest absolute Gasteiger partial charge is 0.303 e. The molecule has 0 aliphatic heterocycles. The van der Waals surface area contributed by atoms with E-state index in [1.54, 1.807) is 6.07 Å². The Kier molecular flexibility index (Phi) is 1.65. The number of imidazole rings is 1. The van der Waals surface area contributed by atoms with Crippen molar-refractivity contribution in [2.75, 3.05) is 0 Å². The molecular weight excluding hydrogens is 164 g/mol. The van der Waals surface area contributed by atoms with Gasteiger partial charge in [0.1, 0.15) is 5.82 Å². The van der Waals surface area contributed by atoms with Gasteiger partial charge < -0.3 is 4.40 Å². The van der Waals surface area contributed by atoms with Crippen LogP contribution in [0.25, 0.3) is 5.52 Å². The summed E-state index contributed by atoms with van der Waals surface area (Å²) >= 11 is 0. The molecule has 0 aromatic carbocycles. The Morgan fingerprint density at radius 3 is 2.92 bits per heavy atom. The minimum absolute atomic E-state index is 0.695. The number of aldehydes is 1. The van der Waals surface area contributed by atoms with Crippen LogP contribution in [0.2, 0.25) is 0 Å². The van der Waals surface area contributed by atoms with Crippen LogP contribution in [0.4, 0.5) is 0 Å². The Morgan fingerprint density at radius 1 is 1.46 bits per heavy atom. The third-order valence-electron chi connectivity index (χ3n) is 2.17. The zero-order valence-electron chi connectivity index (χ0n) is 7.61. The summed E-state index contributed by atoms with van der Waals surface area (Å²) in [7, 11) is 0. The van der Waals surface area contributed by atoms with Gasteiger partial charge in [0.2, 0.25) is 0 Å². The van der Waals surface area contributed by atoms with E-state index < -0.39 is 0 Å². The van der Waals surface area contributed by atoms with Gasteiger partial charge in [-0.3, -0.25) is 4.79 Å². The minimum Gasteiger partial charge on any atom is -0.303 e. The highest BCUT2D eigenvalue weighted by Gasteiger charge is 2.07. The second-order valence-corrected chi connectivity index (χ2v) is 3.04. The number of rotatable bonds is 1. The molecule has 13 heavy (non-hydrogen) atoms. The first-order valence-electron chi connectivity index (χ1n) is 4.13. The molecule has 3 nitrogen and oxygen atoms in total. The fourth-order valence-corrected chi connectivity index (χ4v) is 1.62. The van der Waals surface area contributed by atoms with Crippen LogP contribution in [-0.4, -0.2) is 15.7 Å². The SMILES string of the molecule is Cc1nc(C)n2cccc(C=O)c12. The summed E-state index contributed by atoms with van der Waals surface area (Å²) in [5, 5.41) is 0. The van der Waals surface area contributed by atoms with Crippen molar-refractivity contribution in [2.45, 2.75) is 13.8 Å². The van der Waals surface area contributed by atoms with Gasteiger partial charge in [-0.2, -0.15) is 0 Å². The van der Waals surface area contributed by atoms with Crippen LogP contribution in [0.15, 0.2) is 18.3 Å². The third-order valence-corrected chi connectivity index (χ3v) is 2.17. The minimum atomic E-state index is 0.695. The lowest BCUT2D eigenvalue weighted by Gasteiger charge is -1.97. The number of carbonyl (C=O) groups is 1. The molecule has 0 saturated heterocycles. The Morgan fingerprint density at radius 2 is 2.23 bits per heavy atom. The lowest BCUT2D eigenvalue weighted by molar-refractivity contribution is 0.112. The molecule has 0 bridgehead atoms. The second-order valence-electron chi connectivity index (χ2n) is 3.04. The van der Waals surface area contributed by atoms with Crippen molar-refractivity contribution in [1.29, 1.82) is 0 Å². The first-order valence-corrected chi connectivity index (χ1v) is 4.13. The van der Waals surface area contributed by atoms with E-state index >= 15 is 0 Å². The monoisotopic (exact) mass is 174 g/mol. The molecule has 66 valence electrons. The number of aryl methyl sites for hydroxylation is 2. The van der Waals surface area contributed by atoms with Gasteiger partial charge in [0.05, 0.1) is 11.2 Å². The molecular formula is C10H10N2O. The van der Waals surface area contributed by atoms with Crippen LogP contribution in [0, 0.1) is 13.8 Å². The van der Waals surface area contributed by atoms with Gasteiger partial charge in [0, 0.05) is 11.8 Å². The summed E-state index contributed by atoms with van der Waals surface area (Å²) in [6.07, 6.45) is 2.78. The van der Waals surface area contributed by atoms with Crippen LogP contribution >= 0.6 is 0 Å². The van der Waals surface area contributed by atoms with E-state index in [1.807, 2.05) is 30.5 Å². The van der Waals surface area contributed by atoms with Crippen molar-refractivity contribution in [3.05, 3.63) is 35.4 Å². The molecule has 0 aliphatic rings. The first-order chi connectivity index (χ1) is 6.24. The zero-order valence-corrected chi connectivity index (χ0v) is 7.61. The first kappa shape index (κ1) is 7.98. The molecule has 2 rings (SSSR count). The number of hydrogen-bond acceptors (Lipinski definition) is 2. The molecule has 2 heterocycles. The van der Waals surface area contributed by atoms with Crippen molar-refractivity contribution in [1.82, 2.24) is 9.38 Å². The normalized spacial score (nSPS) is 10.6. The second kappa shape index (κ2) is 2.69. The van der Waals surface area contributed by atoms with Crippen LogP contribution in [0.1, 0.15) is 21.9 Å². The van der Waals surface area contributed by atoms with E-state index in [-0.39, 0.29) is 0 Å². The fraction of sp³-hybridized carbons (Fsp3) is 0.200. The van der Waals surface area contributed by atoms with E-state index in [9.17, 15) is 4.79 Å². The van der Waals surface area contributed by atoms with Crippen molar-refractivity contribution in [3.8, 4) is 0 Å². The number of nitrogens with zero attached hydrogens (tertiary/aromatic N) is 2. The molecule has 0 spiro atoms. The number of fused-ring (bicyclic) bond motifs is 1. The summed E-state index contributed by atoms with van der Waals surface area (Å²) in [5.74, 6) is 0.913. The molecule has 0 atom stereocenters. The van der Waals surface area contributed by atoms with Gasteiger partial charge in [0.15, 0.2) is 6.29 Å². The Labute approximate surface area is 76.0 Å². The summed E-state index contributed by atoms with van der Waals surface area (Å²) < 4.78 is 1.93. The Bertz CT molecular complexity index is 471. The summed E-state index contributed by atoms with van der Waals surface area (Å²) in [6, 6.07) is 3.65. The van der Waals surface area contributed by atoms with E-state index in [0.29, 0.717) is 5.56 Å². The number of aromatic nitrogens is 2. The maximum Gasteiger partial charge on any atom is 0.152 e.